The van der Waals surface area contributed by atoms with Crippen molar-refractivity contribution in [3.05, 3.63) is 35.4 Å². The minimum Gasteiger partial charge on any atom is -0.481 e. The van der Waals surface area contributed by atoms with Crippen molar-refractivity contribution in [3.8, 4) is 0 Å². The average molecular weight is 288 g/mol. The van der Waals surface area contributed by atoms with E-state index in [4.69, 9.17) is 5.11 Å². The molecule has 21 heavy (non-hydrogen) atoms. The third kappa shape index (κ3) is 3.72. The summed E-state index contributed by atoms with van der Waals surface area (Å²) in [6.45, 7) is 3.28. The lowest BCUT2D eigenvalue weighted by Gasteiger charge is -2.22. The van der Waals surface area contributed by atoms with Gasteiger partial charge in [0.05, 0.1) is 5.92 Å². The van der Waals surface area contributed by atoms with Crippen LogP contribution in [-0.4, -0.2) is 16.9 Å². The van der Waals surface area contributed by atoms with Gasteiger partial charge in [-0.3, -0.25) is 9.59 Å². The van der Waals surface area contributed by atoms with Crippen molar-refractivity contribution in [1.29, 1.82) is 0 Å². The van der Waals surface area contributed by atoms with Crippen molar-refractivity contribution in [1.82, 2.24) is 0 Å². The number of carboxylic acids is 1. The van der Waals surface area contributed by atoms with Crippen molar-refractivity contribution >= 4 is 11.8 Å². The molecule has 0 saturated heterocycles. The summed E-state index contributed by atoms with van der Waals surface area (Å²) in [6.07, 6.45) is 6.38. The molecule has 1 N–H and O–H groups in total. The highest BCUT2D eigenvalue weighted by atomic mass is 16.4. The summed E-state index contributed by atoms with van der Waals surface area (Å²) in [5.41, 5.74) is 1.93. The molecule has 0 radical (unpaired) electrons. The van der Waals surface area contributed by atoms with Gasteiger partial charge in [0.2, 0.25) is 0 Å². The largest absolute Gasteiger partial charge is 0.481 e. The second-order valence-electron chi connectivity index (χ2n) is 6.24. The van der Waals surface area contributed by atoms with E-state index in [2.05, 4.69) is 0 Å². The predicted octanol–water partition coefficient (Wildman–Crippen LogP) is 4.27. The fourth-order valence-corrected chi connectivity index (χ4v) is 3.06. The van der Waals surface area contributed by atoms with E-state index < -0.39 is 17.8 Å². The number of ketones is 1. The number of benzene rings is 1. The summed E-state index contributed by atoms with van der Waals surface area (Å²) in [5.74, 6) is -1.54. The number of carbonyl (C=O) groups excluding carboxylic acids is 1. The molecule has 1 fully saturated rings. The van der Waals surface area contributed by atoms with Gasteiger partial charge < -0.3 is 5.11 Å². The van der Waals surface area contributed by atoms with Gasteiger partial charge in [0.15, 0.2) is 5.78 Å². The Morgan fingerprint density at radius 1 is 1.00 bits per heavy atom. The van der Waals surface area contributed by atoms with Crippen LogP contribution < -0.4 is 0 Å². The van der Waals surface area contributed by atoms with E-state index in [1.807, 2.05) is 24.3 Å². The Bertz CT molecular complexity index is 498. The Hall–Kier alpha value is -1.64. The Labute approximate surface area is 126 Å². The Morgan fingerprint density at radius 2 is 1.57 bits per heavy atom. The van der Waals surface area contributed by atoms with Crippen molar-refractivity contribution < 1.29 is 14.7 Å². The van der Waals surface area contributed by atoms with Crippen LogP contribution in [-0.2, 0) is 4.79 Å². The fraction of sp³-hybridized carbons (Fsp3) is 0.556. The predicted molar refractivity (Wildman–Crippen MR) is 82.6 cm³/mol. The lowest BCUT2D eigenvalue weighted by atomic mass is 9.83. The lowest BCUT2D eigenvalue weighted by Crippen LogP contribution is -2.25. The van der Waals surface area contributed by atoms with Gasteiger partial charge in [-0.15, -0.1) is 0 Å². The number of Topliss-reactive ketones (excluding diaryl/α,β-unsaturated/α-hetero) is 1. The SMILES string of the molecule is CC(C(=O)O)C(C)C(=O)c1ccc(C2CCCCC2)cc1. The molecule has 1 aliphatic carbocycles. The summed E-state index contributed by atoms with van der Waals surface area (Å²) in [6, 6.07) is 7.80. The third-order valence-electron chi connectivity index (χ3n) is 4.82. The van der Waals surface area contributed by atoms with E-state index in [1.54, 1.807) is 13.8 Å². The Kier molecular flexibility index (Phi) is 5.16. The second-order valence-corrected chi connectivity index (χ2v) is 6.24. The van der Waals surface area contributed by atoms with E-state index in [9.17, 15) is 9.59 Å². The van der Waals surface area contributed by atoms with Gasteiger partial charge in [0.1, 0.15) is 0 Å². The van der Waals surface area contributed by atoms with Gasteiger partial charge in [-0.25, -0.2) is 0 Å². The molecule has 114 valence electrons. The zero-order valence-corrected chi connectivity index (χ0v) is 12.8. The van der Waals surface area contributed by atoms with Crippen LogP contribution in [0.15, 0.2) is 24.3 Å². The summed E-state index contributed by atoms with van der Waals surface area (Å²) in [4.78, 5) is 23.3. The zero-order valence-electron chi connectivity index (χ0n) is 12.8. The molecule has 0 aromatic heterocycles. The number of aliphatic carboxylic acids is 1. The number of carboxylic acid groups (broad SMARTS) is 1. The van der Waals surface area contributed by atoms with Crippen LogP contribution in [0.2, 0.25) is 0 Å². The molecular formula is C18H24O3. The molecule has 0 aliphatic heterocycles. The summed E-state index contributed by atoms with van der Waals surface area (Å²) < 4.78 is 0. The molecule has 3 nitrogen and oxygen atoms in total. The number of carbonyl (C=O) groups is 2. The Morgan fingerprint density at radius 3 is 2.10 bits per heavy atom. The molecule has 3 heteroatoms. The highest BCUT2D eigenvalue weighted by Crippen LogP contribution is 2.32. The molecule has 1 aromatic carbocycles. The van der Waals surface area contributed by atoms with E-state index in [-0.39, 0.29) is 5.78 Å². The standard InChI is InChI=1S/C18H24O3/c1-12(13(2)18(20)21)17(19)16-10-8-15(9-11-16)14-6-4-3-5-7-14/h8-14H,3-7H2,1-2H3,(H,20,21). The maximum Gasteiger partial charge on any atom is 0.306 e. The normalized spacial score (nSPS) is 19.0. The van der Waals surface area contributed by atoms with Crippen LogP contribution >= 0.6 is 0 Å². The quantitative estimate of drug-likeness (QED) is 0.823. The van der Waals surface area contributed by atoms with Gasteiger partial charge in [-0.1, -0.05) is 57.4 Å². The van der Waals surface area contributed by atoms with E-state index in [0.717, 1.165) is 0 Å². The molecule has 2 atom stereocenters. The molecule has 2 rings (SSSR count). The molecule has 0 spiro atoms. The second kappa shape index (κ2) is 6.88. The first kappa shape index (κ1) is 15.7. The Balaban J connectivity index is 2.07. The molecule has 0 amide bonds. The van der Waals surface area contributed by atoms with E-state index in [0.29, 0.717) is 11.5 Å². The molecule has 0 heterocycles. The van der Waals surface area contributed by atoms with Crippen molar-refractivity contribution in [3.63, 3.8) is 0 Å². The minimum atomic E-state index is -0.922. The first-order valence-corrected chi connectivity index (χ1v) is 7.87. The first-order valence-electron chi connectivity index (χ1n) is 7.87. The highest BCUT2D eigenvalue weighted by molar-refractivity contribution is 5.99. The monoisotopic (exact) mass is 288 g/mol. The van der Waals surface area contributed by atoms with Crippen LogP contribution in [0.1, 0.15) is 67.8 Å². The van der Waals surface area contributed by atoms with Crippen molar-refractivity contribution in [2.45, 2.75) is 51.9 Å². The van der Waals surface area contributed by atoms with Crippen LogP contribution in [0.3, 0.4) is 0 Å². The average Bonchev–Trinajstić information content (AvgIpc) is 2.53. The topological polar surface area (TPSA) is 54.4 Å². The molecule has 1 aromatic rings. The lowest BCUT2D eigenvalue weighted by molar-refractivity contribution is -0.142. The maximum atomic E-state index is 12.3. The van der Waals surface area contributed by atoms with Gasteiger partial charge in [0.25, 0.3) is 0 Å². The molecule has 2 unspecified atom stereocenters. The van der Waals surface area contributed by atoms with Crippen molar-refractivity contribution in [2.75, 3.05) is 0 Å². The van der Waals surface area contributed by atoms with Crippen molar-refractivity contribution in [2.24, 2.45) is 11.8 Å². The smallest absolute Gasteiger partial charge is 0.306 e. The fourth-order valence-electron chi connectivity index (χ4n) is 3.06. The molecule has 1 saturated carbocycles. The van der Waals surface area contributed by atoms with Gasteiger partial charge in [-0.2, -0.15) is 0 Å². The minimum absolute atomic E-state index is 0.0832. The van der Waals surface area contributed by atoms with Gasteiger partial charge >= 0.3 is 5.97 Å². The van der Waals surface area contributed by atoms with Crippen LogP contribution in [0.5, 0.6) is 0 Å². The van der Waals surface area contributed by atoms with Gasteiger partial charge in [-0.05, 0) is 24.3 Å². The van der Waals surface area contributed by atoms with E-state index >= 15 is 0 Å². The molecular weight excluding hydrogens is 264 g/mol. The van der Waals surface area contributed by atoms with Gasteiger partial charge in [0, 0.05) is 11.5 Å². The molecule has 0 bridgehead atoms. The number of hydrogen-bond acceptors (Lipinski definition) is 2. The first-order chi connectivity index (χ1) is 10.0. The van der Waals surface area contributed by atoms with E-state index in [1.165, 1.54) is 37.7 Å². The zero-order chi connectivity index (χ0) is 15.4. The molecule has 1 aliphatic rings. The number of hydrogen-bond donors (Lipinski definition) is 1. The highest BCUT2D eigenvalue weighted by Gasteiger charge is 2.26. The third-order valence-corrected chi connectivity index (χ3v) is 4.82. The maximum absolute atomic E-state index is 12.3. The summed E-state index contributed by atoms with van der Waals surface area (Å²) in [7, 11) is 0. The number of rotatable bonds is 5. The van der Waals surface area contributed by atoms with Crippen LogP contribution in [0, 0.1) is 11.8 Å². The van der Waals surface area contributed by atoms with Crippen LogP contribution in [0.4, 0.5) is 0 Å². The van der Waals surface area contributed by atoms with Crippen LogP contribution in [0.25, 0.3) is 0 Å². The summed E-state index contributed by atoms with van der Waals surface area (Å²) in [5, 5.41) is 9.01. The summed E-state index contributed by atoms with van der Waals surface area (Å²) >= 11 is 0.